The molecule has 28 heavy (non-hydrogen) atoms. The first kappa shape index (κ1) is 19.2. The molecule has 0 aliphatic carbocycles. The van der Waals surface area contributed by atoms with E-state index >= 15 is 0 Å². The second-order valence-corrected chi connectivity index (χ2v) is 6.44. The monoisotopic (exact) mass is 377 g/mol. The highest BCUT2D eigenvalue weighted by atomic mass is 16.5. The third-order valence-electron chi connectivity index (χ3n) is 4.24. The van der Waals surface area contributed by atoms with E-state index in [-0.39, 0.29) is 11.8 Å². The Labute approximate surface area is 164 Å². The molecule has 0 atom stereocenters. The van der Waals surface area contributed by atoms with Gasteiger partial charge >= 0.3 is 6.03 Å². The zero-order chi connectivity index (χ0) is 19.8. The predicted molar refractivity (Wildman–Crippen MR) is 107 cm³/mol. The average molecular weight is 377 g/mol. The fraction of sp³-hybridized carbons (Fsp3) is 0.182. The molecule has 3 rings (SSSR count). The molecule has 3 aromatic rings. The number of pyridine rings is 1. The lowest BCUT2D eigenvalue weighted by molar-refractivity contribution is 0.206. The minimum atomic E-state index is -0.208. The van der Waals surface area contributed by atoms with E-state index in [1.54, 1.807) is 37.6 Å². The summed E-state index contributed by atoms with van der Waals surface area (Å²) >= 11 is 0. The van der Waals surface area contributed by atoms with Crippen LogP contribution in [0.15, 0.2) is 73.1 Å². The van der Waals surface area contributed by atoms with E-state index in [0.29, 0.717) is 25.3 Å². The maximum atomic E-state index is 12.3. The fourth-order valence-corrected chi connectivity index (χ4v) is 2.64. The van der Waals surface area contributed by atoms with Crippen molar-refractivity contribution in [1.82, 2.24) is 15.2 Å². The van der Waals surface area contributed by atoms with Gasteiger partial charge in [-0.05, 0) is 29.8 Å². The van der Waals surface area contributed by atoms with Crippen LogP contribution < -0.4 is 10.1 Å². The molecule has 0 bridgehead atoms. The van der Waals surface area contributed by atoms with Crippen molar-refractivity contribution >= 4 is 6.03 Å². The number of nitrogens with zero attached hydrogens (tertiary/aromatic N) is 2. The second kappa shape index (κ2) is 9.41. The van der Waals surface area contributed by atoms with Crippen LogP contribution in [0.1, 0.15) is 16.7 Å². The summed E-state index contributed by atoms with van der Waals surface area (Å²) in [6.07, 6.45) is 3.50. The Kier molecular flexibility index (Phi) is 6.46. The van der Waals surface area contributed by atoms with Gasteiger partial charge in [0.25, 0.3) is 0 Å². The molecule has 0 aliphatic heterocycles. The van der Waals surface area contributed by atoms with Gasteiger partial charge in [-0.1, -0.05) is 36.4 Å². The number of phenolic OH excluding ortho intramolecular Hbond substituents is 1. The molecule has 0 unspecified atom stereocenters. The van der Waals surface area contributed by atoms with Crippen molar-refractivity contribution in [2.24, 2.45) is 0 Å². The Bertz CT molecular complexity index is 898. The molecule has 144 valence electrons. The van der Waals surface area contributed by atoms with Gasteiger partial charge in [-0.15, -0.1) is 0 Å². The SMILES string of the molecule is CN(Cc1ccccc1O)C(=O)NCc1ccc(OCc2cccnc2)cc1. The molecule has 0 radical (unpaired) electrons. The third kappa shape index (κ3) is 5.48. The minimum Gasteiger partial charge on any atom is -0.508 e. The topological polar surface area (TPSA) is 74.7 Å². The molecule has 0 saturated heterocycles. The second-order valence-electron chi connectivity index (χ2n) is 6.44. The molecule has 6 heteroatoms. The first-order chi connectivity index (χ1) is 13.6. The van der Waals surface area contributed by atoms with Crippen LogP contribution in [0, 0.1) is 0 Å². The highest BCUT2D eigenvalue weighted by molar-refractivity contribution is 5.73. The summed E-state index contributed by atoms with van der Waals surface area (Å²) in [5, 5.41) is 12.7. The van der Waals surface area contributed by atoms with Gasteiger partial charge in [-0.3, -0.25) is 4.98 Å². The fourth-order valence-electron chi connectivity index (χ4n) is 2.64. The molecule has 1 aromatic heterocycles. The molecule has 2 N–H and O–H groups in total. The number of aromatic hydroxyl groups is 1. The Morgan fingerprint density at radius 2 is 1.86 bits per heavy atom. The van der Waals surface area contributed by atoms with Crippen molar-refractivity contribution in [3.63, 3.8) is 0 Å². The lowest BCUT2D eigenvalue weighted by atomic mass is 10.2. The van der Waals surface area contributed by atoms with Crippen molar-refractivity contribution in [1.29, 1.82) is 0 Å². The number of aromatic nitrogens is 1. The first-order valence-corrected chi connectivity index (χ1v) is 8.98. The Balaban J connectivity index is 1.46. The maximum absolute atomic E-state index is 12.3. The van der Waals surface area contributed by atoms with Crippen molar-refractivity contribution in [2.45, 2.75) is 19.7 Å². The average Bonchev–Trinajstić information content (AvgIpc) is 2.73. The molecule has 0 saturated carbocycles. The normalized spacial score (nSPS) is 10.3. The number of benzene rings is 2. The number of carbonyl (C=O) groups excluding carboxylic acids is 1. The highest BCUT2D eigenvalue weighted by Crippen LogP contribution is 2.17. The lowest BCUT2D eigenvalue weighted by Crippen LogP contribution is -2.36. The number of hydrogen-bond acceptors (Lipinski definition) is 4. The van der Waals surface area contributed by atoms with Gasteiger partial charge in [0, 0.05) is 37.1 Å². The van der Waals surface area contributed by atoms with E-state index < -0.39 is 0 Å². The summed E-state index contributed by atoms with van der Waals surface area (Å²) in [7, 11) is 1.69. The van der Waals surface area contributed by atoms with Gasteiger partial charge in [-0.2, -0.15) is 0 Å². The molecular formula is C22H23N3O3. The van der Waals surface area contributed by atoms with Crippen LogP contribution in [-0.4, -0.2) is 28.1 Å². The van der Waals surface area contributed by atoms with Crippen molar-refractivity contribution in [3.8, 4) is 11.5 Å². The number of phenols is 1. The van der Waals surface area contributed by atoms with Gasteiger partial charge < -0.3 is 20.1 Å². The molecule has 0 spiro atoms. The van der Waals surface area contributed by atoms with Crippen molar-refractivity contribution < 1.29 is 14.6 Å². The summed E-state index contributed by atoms with van der Waals surface area (Å²) in [5.74, 6) is 0.944. The number of rotatable bonds is 7. The molecule has 2 aromatic carbocycles. The summed E-state index contributed by atoms with van der Waals surface area (Å²) < 4.78 is 5.73. The molecule has 6 nitrogen and oxygen atoms in total. The Morgan fingerprint density at radius 3 is 2.57 bits per heavy atom. The largest absolute Gasteiger partial charge is 0.508 e. The summed E-state index contributed by atoms with van der Waals surface area (Å²) in [5.41, 5.74) is 2.68. The smallest absolute Gasteiger partial charge is 0.317 e. The van der Waals surface area contributed by atoms with E-state index in [2.05, 4.69) is 10.3 Å². The van der Waals surface area contributed by atoms with Crippen LogP contribution in [0.3, 0.4) is 0 Å². The minimum absolute atomic E-state index is 0.184. The number of para-hydroxylation sites is 1. The van der Waals surface area contributed by atoms with Crippen LogP contribution in [0.4, 0.5) is 4.79 Å². The zero-order valence-corrected chi connectivity index (χ0v) is 15.7. The number of amides is 2. The number of hydrogen-bond donors (Lipinski definition) is 2. The van der Waals surface area contributed by atoms with E-state index in [9.17, 15) is 9.90 Å². The number of urea groups is 1. The van der Waals surface area contributed by atoms with Crippen molar-refractivity contribution in [2.75, 3.05) is 7.05 Å². The molecular weight excluding hydrogens is 354 g/mol. The standard InChI is InChI=1S/C22H23N3O3/c1-25(15-19-6-2-3-7-21(19)26)22(27)24-14-17-8-10-20(11-9-17)28-16-18-5-4-12-23-13-18/h2-13,26H,14-16H2,1H3,(H,24,27). The van der Waals surface area contributed by atoms with Gasteiger partial charge in [0.15, 0.2) is 0 Å². The summed E-state index contributed by atoms with van der Waals surface area (Å²) in [4.78, 5) is 17.8. The van der Waals surface area contributed by atoms with Crippen molar-refractivity contribution in [3.05, 3.63) is 89.7 Å². The lowest BCUT2D eigenvalue weighted by Gasteiger charge is -2.18. The van der Waals surface area contributed by atoms with Gasteiger partial charge in [-0.25, -0.2) is 4.79 Å². The molecule has 2 amide bonds. The number of ether oxygens (including phenoxy) is 1. The first-order valence-electron chi connectivity index (χ1n) is 8.98. The summed E-state index contributed by atoms with van der Waals surface area (Å²) in [6, 6.07) is 18.2. The van der Waals surface area contributed by atoms with Crippen LogP contribution in [-0.2, 0) is 19.7 Å². The van der Waals surface area contributed by atoms with E-state index in [0.717, 1.165) is 16.9 Å². The molecule has 1 heterocycles. The summed E-state index contributed by atoms with van der Waals surface area (Å²) in [6.45, 7) is 1.20. The molecule has 0 fully saturated rings. The van der Waals surface area contributed by atoms with Crippen LogP contribution in [0.25, 0.3) is 0 Å². The van der Waals surface area contributed by atoms with Crippen LogP contribution in [0.2, 0.25) is 0 Å². The molecule has 0 aliphatic rings. The van der Waals surface area contributed by atoms with Gasteiger partial charge in [0.2, 0.25) is 0 Å². The van der Waals surface area contributed by atoms with Gasteiger partial charge in [0.1, 0.15) is 18.1 Å². The maximum Gasteiger partial charge on any atom is 0.317 e. The third-order valence-corrected chi connectivity index (χ3v) is 4.24. The predicted octanol–water partition coefficient (Wildman–Crippen LogP) is 3.71. The number of nitrogens with one attached hydrogen (secondary N) is 1. The van der Waals surface area contributed by atoms with Gasteiger partial charge in [0.05, 0.1) is 6.54 Å². The highest BCUT2D eigenvalue weighted by Gasteiger charge is 2.10. The van der Waals surface area contributed by atoms with E-state index in [1.165, 1.54) is 4.90 Å². The quantitative estimate of drug-likeness (QED) is 0.658. The Morgan fingerprint density at radius 1 is 1.07 bits per heavy atom. The van der Waals surface area contributed by atoms with E-state index in [1.807, 2.05) is 42.5 Å². The zero-order valence-electron chi connectivity index (χ0n) is 15.7. The Hall–Kier alpha value is -3.54. The van der Waals surface area contributed by atoms with Crippen LogP contribution >= 0.6 is 0 Å². The van der Waals surface area contributed by atoms with Crippen LogP contribution in [0.5, 0.6) is 11.5 Å². The number of carbonyl (C=O) groups is 1. The van der Waals surface area contributed by atoms with E-state index in [4.69, 9.17) is 4.74 Å².